The Labute approximate surface area is 174 Å². The van der Waals surface area contributed by atoms with E-state index in [0.717, 1.165) is 5.56 Å². The molecule has 1 saturated heterocycles. The van der Waals surface area contributed by atoms with E-state index in [1.165, 1.54) is 5.56 Å². The van der Waals surface area contributed by atoms with Gasteiger partial charge in [-0.05, 0) is 44.2 Å². The Bertz CT molecular complexity index is 689. The van der Waals surface area contributed by atoms with Crippen molar-refractivity contribution in [2.75, 3.05) is 25.4 Å². The summed E-state index contributed by atoms with van der Waals surface area (Å²) in [6.45, 7) is 16.2. The number of thioether (sulfide) groups is 1. The van der Waals surface area contributed by atoms with Gasteiger partial charge >= 0.3 is 6.03 Å². The third kappa shape index (κ3) is 5.90. The molecule has 1 aromatic rings. The predicted octanol–water partition coefficient (Wildman–Crippen LogP) is 4.39. The number of likely N-dealkylation sites (N-methyl/N-ethyl adjacent to an activating group) is 1. The highest BCUT2D eigenvalue weighted by Gasteiger charge is 2.33. The minimum Gasteiger partial charge on any atom is -0.333 e. The first-order valence-electron chi connectivity index (χ1n) is 10.0. The second-order valence-corrected chi connectivity index (χ2v) is 10.5. The first kappa shape index (κ1) is 22.6. The molecule has 0 unspecified atom stereocenters. The van der Waals surface area contributed by atoms with E-state index in [-0.39, 0.29) is 28.3 Å². The van der Waals surface area contributed by atoms with Crippen molar-refractivity contribution in [3.05, 3.63) is 35.4 Å². The van der Waals surface area contributed by atoms with Crippen molar-refractivity contribution in [3.8, 4) is 0 Å². The topological polar surface area (TPSA) is 52.7 Å². The first-order chi connectivity index (χ1) is 12.9. The second kappa shape index (κ2) is 8.76. The molecular formula is C22H35N3O2S. The molecule has 3 amide bonds. The van der Waals surface area contributed by atoms with Gasteiger partial charge in [0.1, 0.15) is 5.37 Å². The van der Waals surface area contributed by atoms with Gasteiger partial charge in [0.15, 0.2) is 0 Å². The Kier molecular flexibility index (Phi) is 7.07. The maximum atomic E-state index is 12.5. The number of nitrogens with one attached hydrogen (secondary N) is 1. The third-order valence-electron chi connectivity index (χ3n) is 4.79. The van der Waals surface area contributed by atoms with E-state index >= 15 is 0 Å². The van der Waals surface area contributed by atoms with Crippen LogP contribution in [-0.4, -0.2) is 52.7 Å². The zero-order valence-corrected chi connectivity index (χ0v) is 19.2. The molecule has 1 aromatic carbocycles. The number of carbonyl (C=O) groups is 2. The lowest BCUT2D eigenvalue weighted by atomic mass is 9.87. The molecule has 0 aromatic heterocycles. The Balaban J connectivity index is 2.06. The predicted molar refractivity (Wildman–Crippen MR) is 118 cm³/mol. The number of nitrogens with zero attached hydrogens (tertiary/aromatic N) is 2. The summed E-state index contributed by atoms with van der Waals surface area (Å²) in [5, 5.41) is 3.02. The molecule has 5 nitrogen and oxygen atoms in total. The Hall–Kier alpha value is -1.69. The highest BCUT2D eigenvalue weighted by atomic mass is 32.2. The van der Waals surface area contributed by atoms with Crippen LogP contribution in [0.2, 0.25) is 0 Å². The summed E-state index contributed by atoms with van der Waals surface area (Å²) >= 11 is 1.66. The van der Waals surface area contributed by atoms with Crippen molar-refractivity contribution in [1.29, 1.82) is 0 Å². The van der Waals surface area contributed by atoms with Gasteiger partial charge in [-0.3, -0.25) is 4.79 Å². The van der Waals surface area contributed by atoms with E-state index in [0.29, 0.717) is 25.4 Å². The van der Waals surface area contributed by atoms with Crippen LogP contribution in [0.1, 0.15) is 65.0 Å². The highest BCUT2D eigenvalue weighted by molar-refractivity contribution is 8.00. The second-order valence-electron chi connectivity index (χ2n) is 9.38. The molecule has 2 rings (SSSR count). The summed E-state index contributed by atoms with van der Waals surface area (Å²) in [6.07, 6.45) is 0. The molecule has 1 aliphatic rings. The number of rotatable bonds is 5. The van der Waals surface area contributed by atoms with Gasteiger partial charge in [-0.1, -0.05) is 45.0 Å². The molecule has 0 aliphatic carbocycles. The largest absolute Gasteiger partial charge is 0.333 e. The van der Waals surface area contributed by atoms with Gasteiger partial charge in [0.25, 0.3) is 0 Å². The monoisotopic (exact) mass is 405 g/mol. The van der Waals surface area contributed by atoms with Crippen molar-refractivity contribution < 1.29 is 9.59 Å². The van der Waals surface area contributed by atoms with E-state index in [4.69, 9.17) is 0 Å². The van der Waals surface area contributed by atoms with Crippen LogP contribution in [0.5, 0.6) is 0 Å². The van der Waals surface area contributed by atoms with Crippen molar-refractivity contribution in [1.82, 2.24) is 15.1 Å². The summed E-state index contributed by atoms with van der Waals surface area (Å²) in [4.78, 5) is 28.6. The van der Waals surface area contributed by atoms with Crippen molar-refractivity contribution >= 4 is 23.7 Å². The van der Waals surface area contributed by atoms with E-state index < -0.39 is 0 Å². The van der Waals surface area contributed by atoms with Gasteiger partial charge in [0, 0.05) is 25.2 Å². The molecule has 1 aliphatic heterocycles. The summed E-state index contributed by atoms with van der Waals surface area (Å²) in [5.41, 5.74) is 2.26. The number of amides is 3. The minimum atomic E-state index is -0.277. The smallest absolute Gasteiger partial charge is 0.317 e. The highest BCUT2D eigenvalue weighted by Crippen LogP contribution is 2.39. The van der Waals surface area contributed by atoms with Crippen LogP contribution in [0.25, 0.3) is 0 Å². The molecule has 6 heteroatoms. The lowest BCUT2D eigenvalue weighted by Gasteiger charge is -2.31. The molecule has 0 spiro atoms. The van der Waals surface area contributed by atoms with Crippen molar-refractivity contribution in [2.45, 2.75) is 64.8 Å². The van der Waals surface area contributed by atoms with Crippen LogP contribution in [0.3, 0.4) is 0 Å². The van der Waals surface area contributed by atoms with Crippen LogP contribution < -0.4 is 5.32 Å². The molecule has 156 valence electrons. The number of hydrogen-bond donors (Lipinski definition) is 1. The molecule has 28 heavy (non-hydrogen) atoms. The van der Waals surface area contributed by atoms with Crippen LogP contribution in [0.4, 0.5) is 4.79 Å². The van der Waals surface area contributed by atoms with Crippen molar-refractivity contribution in [3.63, 3.8) is 0 Å². The third-order valence-corrected chi connectivity index (χ3v) is 6.05. The van der Waals surface area contributed by atoms with Crippen LogP contribution >= 0.6 is 11.8 Å². The standard InChI is InChI=1S/C22H35N3O2S/c1-8-24(20(27)23-22(5,6)7)13-14-25-18(26)15-28-19(25)16-9-11-17(12-10-16)21(2,3)4/h9-12,19H,8,13-15H2,1-7H3,(H,23,27)/t19-/m0/s1. The first-order valence-corrected chi connectivity index (χ1v) is 11.1. The lowest BCUT2D eigenvalue weighted by molar-refractivity contribution is -0.128. The summed E-state index contributed by atoms with van der Waals surface area (Å²) in [5.74, 6) is 0.633. The fraction of sp³-hybridized carbons (Fsp3) is 0.636. The maximum absolute atomic E-state index is 12.5. The maximum Gasteiger partial charge on any atom is 0.317 e. The summed E-state index contributed by atoms with van der Waals surface area (Å²) in [6, 6.07) is 8.50. The van der Waals surface area contributed by atoms with E-state index in [9.17, 15) is 9.59 Å². The van der Waals surface area contributed by atoms with Gasteiger partial charge < -0.3 is 15.1 Å². The van der Waals surface area contributed by atoms with Crippen molar-refractivity contribution in [2.24, 2.45) is 0 Å². The molecule has 0 radical (unpaired) electrons. The quantitative estimate of drug-likeness (QED) is 0.790. The average Bonchev–Trinajstić information content (AvgIpc) is 2.94. The number of carbonyl (C=O) groups excluding carboxylic acids is 2. The Morgan fingerprint density at radius 2 is 1.79 bits per heavy atom. The average molecular weight is 406 g/mol. The number of hydrogen-bond acceptors (Lipinski definition) is 3. The van der Waals surface area contributed by atoms with E-state index in [2.05, 4.69) is 50.4 Å². The summed E-state index contributed by atoms with van der Waals surface area (Å²) in [7, 11) is 0. The lowest BCUT2D eigenvalue weighted by Crippen LogP contribution is -2.50. The van der Waals surface area contributed by atoms with Gasteiger partial charge in [0.2, 0.25) is 5.91 Å². The summed E-state index contributed by atoms with van der Waals surface area (Å²) < 4.78 is 0. The van der Waals surface area contributed by atoms with Gasteiger partial charge in [-0.25, -0.2) is 4.79 Å². The molecule has 0 saturated carbocycles. The molecule has 1 fully saturated rings. The zero-order valence-electron chi connectivity index (χ0n) is 18.3. The molecule has 1 heterocycles. The van der Waals surface area contributed by atoms with Gasteiger partial charge in [0.05, 0.1) is 5.75 Å². The van der Waals surface area contributed by atoms with Crippen LogP contribution in [0, 0.1) is 0 Å². The minimum absolute atomic E-state index is 0.0194. The molecule has 1 N–H and O–H groups in total. The fourth-order valence-electron chi connectivity index (χ4n) is 3.15. The SMILES string of the molecule is CCN(CCN1C(=O)CS[C@H]1c1ccc(C(C)(C)C)cc1)C(=O)NC(C)(C)C. The molecule has 0 bridgehead atoms. The zero-order chi connectivity index (χ0) is 21.1. The molecular weight excluding hydrogens is 370 g/mol. The van der Waals surface area contributed by atoms with Crippen LogP contribution in [0.15, 0.2) is 24.3 Å². The Morgan fingerprint density at radius 1 is 1.18 bits per heavy atom. The van der Waals surface area contributed by atoms with E-state index in [1.54, 1.807) is 16.7 Å². The number of urea groups is 1. The van der Waals surface area contributed by atoms with Gasteiger partial charge in [-0.2, -0.15) is 0 Å². The van der Waals surface area contributed by atoms with Gasteiger partial charge in [-0.15, -0.1) is 11.8 Å². The van der Waals surface area contributed by atoms with E-state index in [1.807, 2.05) is 32.6 Å². The van der Waals surface area contributed by atoms with Crippen LogP contribution in [-0.2, 0) is 10.2 Å². The fourth-order valence-corrected chi connectivity index (χ4v) is 4.37. The normalized spacial score (nSPS) is 17.8. The Morgan fingerprint density at radius 3 is 2.29 bits per heavy atom. The molecule has 1 atom stereocenters. The number of benzene rings is 1.